The van der Waals surface area contributed by atoms with Crippen molar-refractivity contribution in [3.8, 4) is 6.07 Å². The van der Waals surface area contributed by atoms with Crippen molar-refractivity contribution in [1.82, 2.24) is 15.5 Å². The molecule has 2 aliphatic rings. The molecule has 4 rings (SSSR count). The van der Waals surface area contributed by atoms with Crippen LogP contribution < -0.4 is 10.6 Å². The molecule has 2 N–H and O–H groups in total. The number of nitrogens with zero attached hydrogens (tertiary/aromatic N) is 2. The molecule has 1 aliphatic heterocycles. The van der Waals surface area contributed by atoms with Crippen molar-refractivity contribution in [2.24, 2.45) is 0 Å². The molecule has 5 nitrogen and oxygen atoms in total. The van der Waals surface area contributed by atoms with Gasteiger partial charge in [-0.25, -0.2) is 0 Å². The van der Waals surface area contributed by atoms with Gasteiger partial charge in [0.2, 0.25) is 5.91 Å². The number of nitriles is 1. The van der Waals surface area contributed by atoms with Crippen LogP contribution in [-0.4, -0.2) is 28.9 Å². The molecule has 1 heterocycles. The predicted octanol–water partition coefficient (Wildman–Crippen LogP) is 4.12. The highest BCUT2D eigenvalue weighted by atomic mass is 16.2. The predicted molar refractivity (Wildman–Crippen MR) is 124 cm³/mol. The van der Waals surface area contributed by atoms with Gasteiger partial charge in [0.1, 0.15) is 0 Å². The quantitative estimate of drug-likeness (QED) is 0.741. The first-order chi connectivity index (χ1) is 15.0. The summed E-state index contributed by atoms with van der Waals surface area (Å²) in [7, 11) is 0. The lowest BCUT2D eigenvalue weighted by atomic mass is 9.99. The maximum atomic E-state index is 12.6. The Hall–Kier alpha value is -2.68. The molecule has 1 amide bonds. The minimum atomic E-state index is 0.0680. The number of rotatable bonds is 6. The van der Waals surface area contributed by atoms with Crippen LogP contribution in [0.4, 0.5) is 0 Å². The highest BCUT2D eigenvalue weighted by Crippen LogP contribution is 2.30. The van der Waals surface area contributed by atoms with Crippen LogP contribution in [0.15, 0.2) is 48.5 Å². The maximum Gasteiger partial charge on any atom is 0.237 e. The Morgan fingerprint density at radius 1 is 1.13 bits per heavy atom. The number of hydrogen-bond acceptors (Lipinski definition) is 4. The summed E-state index contributed by atoms with van der Waals surface area (Å²) in [4.78, 5) is 14.6. The Kier molecular flexibility index (Phi) is 7.84. The normalized spacial score (nSPS) is 21.7. The molecule has 1 saturated carbocycles. The van der Waals surface area contributed by atoms with Gasteiger partial charge in [0.15, 0.2) is 0 Å². The van der Waals surface area contributed by atoms with E-state index in [1.807, 2.05) is 55.1 Å². The lowest BCUT2D eigenvalue weighted by molar-refractivity contribution is -0.131. The zero-order valence-electron chi connectivity index (χ0n) is 18.9. The van der Waals surface area contributed by atoms with Crippen LogP contribution >= 0.6 is 0 Å². The standard InChI is InChI=1S/C24H28N4O.C2H6/c1-24(27-14-19-8-6-18(13-25)7-9-19)11-10-22(12-24)26-15-23(29)28-16-20-4-2-3-5-21(20)17-28;1-2/h2-9,22,26-27H,10-12,14-17H2,1H3;1-2H3. The zero-order chi connectivity index (χ0) is 22.3. The lowest BCUT2D eigenvalue weighted by Gasteiger charge is -2.26. The van der Waals surface area contributed by atoms with E-state index in [4.69, 9.17) is 5.26 Å². The Morgan fingerprint density at radius 2 is 1.77 bits per heavy atom. The minimum absolute atomic E-state index is 0.0680. The number of benzene rings is 2. The molecule has 2 atom stereocenters. The number of nitrogens with one attached hydrogen (secondary N) is 2. The number of fused-ring (bicyclic) bond motifs is 1. The fourth-order valence-corrected chi connectivity index (χ4v) is 4.44. The third kappa shape index (κ3) is 5.94. The van der Waals surface area contributed by atoms with Crippen LogP contribution in [0.25, 0.3) is 0 Å². The Labute approximate surface area is 186 Å². The van der Waals surface area contributed by atoms with Gasteiger partial charge in [-0.05, 0) is 55.0 Å². The van der Waals surface area contributed by atoms with Gasteiger partial charge in [0.05, 0.1) is 18.2 Å². The molecule has 164 valence electrons. The zero-order valence-corrected chi connectivity index (χ0v) is 18.9. The Morgan fingerprint density at radius 3 is 2.39 bits per heavy atom. The molecule has 1 aliphatic carbocycles. The minimum Gasteiger partial charge on any atom is -0.333 e. The third-order valence-corrected chi connectivity index (χ3v) is 6.28. The second kappa shape index (κ2) is 10.6. The first kappa shape index (κ1) is 23.0. The summed E-state index contributed by atoms with van der Waals surface area (Å²) >= 11 is 0. The number of carbonyl (C=O) groups is 1. The summed E-state index contributed by atoms with van der Waals surface area (Å²) in [6.07, 6.45) is 3.17. The highest BCUT2D eigenvalue weighted by molar-refractivity contribution is 5.79. The largest absolute Gasteiger partial charge is 0.333 e. The molecular weight excluding hydrogens is 384 g/mol. The van der Waals surface area contributed by atoms with Gasteiger partial charge >= 0.3 is 0 Å². The maximum absolute atomic E-state index is 12.6. The fraction of sp³-hybridized carbons (Fsp3) is 0.462. The monoisotopic (exact) mass is 418 g/mol. The first-order valence-corrected chi connectivity index (χ1v) is 11.4. The van der Waals surface area contributed by atoms with E-state index >= 15 is 0 Å². The average Bonchev–Trinajstić information content (AvgIpc) is 3.42. The van der Waals surface area contributed by atoms with Crippen molar-refractivity contribution < 1.29 is 4.79 Å². The third-order valence-electron chi connectivity index (χ3n) is 6.28. The molecular formula is C26H34N4O. The fourth-order valence-electron chi connectivity index (χ4n) is 4.44. The molecule has 5 heteroatoms. The average molecular weight is 419 g/mol. The van der Waals surface area contributed by atoms with Gasteiger partial charge in [-0.2, -0.15) is 5.26 Å². The highest BCUT2D eigenvalue weighted by Gasteiger charge is 2.35. The Bertz CT molecular complexity index is 893. The van der Waals surface area contributed by atoms with Gasteiger partial charge in [-0.1, -0.05) is 50.2 Å². The molecule has 0 radical (unpaired) electrons. The Balaban J connectivity index is 0.00000132. The summed E-state index contributed by atoms with van der Waals surface area (Å²) in [5.41, 5.74) is 4.47. The second-order valence-electron chi connectivity index (χ2n) is 8.56. The molecule has 0 spiro atoms. The van der Waals surface area contributed by atoms with Crippen molar-refractivity contribution in [3.05, 3.63) is 70.8 Å². The molecule has 2 unspecified atom stereocenters. The van der Waals surface area contributed by atoms with E-state index in [0.29, 0.717) is 18.2 Å². The van der Waals surface area contributed by atoms with Crippen molar-refractivity contribution in [2.45, 2.75) is 71.2 Å². The number of amides is 1. The number of hydrogen-bond donors (Lipinski definition) is 2. The van der Waals surface area contributed by atoms with E-state index in [2.05, 4.69) is 35.8 Å². The summed E-state index contributed by atoms with van der Waals surface area (Å²) in [6.45, 7) is 8.91. The van der Waals surface area contributed by atoms with Crippen molar-refractivity contribution in [3.63, 3.8) is 0 Å². The summed E-state index contributed by atoms with van der Waals surface area (Å²) in [5.74, 6) is 0.181. The molecule has 0 bridgehead atoms. The second-order valence-corrected chi connectivity index (χ2v) is 8.56. The van der Waals surface area contributed by atoms with Crippen molar-refractivity contribution >= 4 is 5.91 Å². The van der Waals surface area contributed by atoms with Gasteiger partial charge in [0.25, 0.3) is 0 Å². The van der Waals surface area contributed by atoms with Gasteiger partial charge < -0.3 is 15.5 Å². The van der Waals surface area contributed by atoms with Gasteiger partial charge in [-0.3, -0.25) is 4.79 Å². The van der Waals surface area contributed by atoms with Crippen LogP contribution in [-0.2, 0) is 24.4 Å². The van der Waals surface area contributed by atoms with Crippen LogP contribution in [0.1, 0.15) is 62.3 Å². The smallest absolute Gasteiger partial charge is 0.237 e. The molecule has 2 aromatic rings. The van der Waals surface area contributed by atoms with Gasteiger partial charge in [-0.15, -0.1) is 0 Å². The van der Waals surface area contributed by atoms with Crippen molar-refractivity contribution in [1.29, 1.82) is 5.26 Å². The summed E-state index contributed by atoms with van der Waals surface area (Å²) < 4.78 is 0. The number of carbonyl (C=O) groups excluding carboxylic acids is 1. The molecule has 0 saturated heterocycles. The van der Waals surface area contributed by atoms with E-state index in [1.165, 1.54) is 16.7 Å². The SMILES string of the molecule is CC.CC1(NCc2ccc(C#N)cc2)CCC(NCC(=O)N2Cc3ccccc3C2)C1. The molecule has 0 aromatic heterocycles. The first-order valence-electron chi connectivity index (χ1n) is 11.4. The van der Waals surface area contributed by atoms with Crippen LogP contribution in [0.3, 0.4) is 0 Å². The van der Waals surface area contributed by atoms with Crippen molar-refractivity contribution in [2.75, 3.05) is 6.54 Å². The van der Waals surface area contributed by atoms with Crippen LogP contribution in [0, 0.1) is 11.3 Å². The molecule has 2 aromatic carbocycles. The lowest BCUT2D eigenvalue weighted by Crippen LogP contribution is -2.43. The molecule has 1 fully saturated rings. The van der Waals surface area contributed by atoms with E-state index in [0.717, 1.165) is 38.9 Å². The van der Waals surface area contributed by atoms with E-state index in [9.17, 15) is 4.79 Å². The topological polar surface area (TPSA) is 68.2 Å². The summed E-state index contributed by atoms with van der Waals surface area (Å²) in [5, 5.41) is 16.1. The van der Waals surface area contributed by atoms with E-state index in [-0.39, 0.29) is 11.4 Å². The van der Waals surface area contributed by atoms with Crippen LogP contribution in [0.2, 0.25) is 0 Å². The van der Waals surface area contributed by atoms with Gasteiger partial charge in [0, 0.05) is 31.2 Å². The summed E-state index contributed by atoms with van der Waals surface area (Å²) in [6, 6.07) is 18.5. The van der Waals surface area contributed by atoms with E-state index < -0.39 is 0 Å². The van der Waals surface area contributed by atoms with E-state index in [1.54, 1.807) is 0 Å². The molecule has 31 heavy (non-hydrogen) atoms. The van der Waals surface area contributed by atoms with Crippen LogP contribution in [0.5, 0.6) is 0 Å².